The van der Waals surface area contributed by atoms with Gasteiger partial charge in [0.1, 0.15) is 0 Å². The molecule has 0 amide bonds. The van der Waals surface area contributed by atoms with Crippen LogP contribution < -0.4 is 0 Å². The van der Waals surface area contributed by atoms with Crippen LogP contribution in [0.25, 0.3) is 0 Å². The molecule has 9 heteroatoms. The first-order valence-corrected chi connectivity index (χ1v) is 10.3. The van der Waals surface area contributed by atoms with Gasteiger partial charge in [-0.2, -0.15) is 0 Å². The first-order valence-electron chi connectivity index (χ1n) is 10.3. The average molecular weight is 451 g/mol. The number of carboxylic acid groups (broad SMARTS) is 1. The Bertz CT molecular complexity index is 452. The third kappa shape index (κ3) is 30.5. The third-order valence-electron chi connectivity index (χ3n) is 3.66. The highest BCUT2D eigenvalue weighted by Crippen LogP contribution is 2.13. The number of rotatable bonds is 16. The second-order valence-corrected chi connectivity index (χ2v) is 6.44. The molecule has 0 aromatic carbocycles. The highest BCUT2D eigenvalue weighted by molar-refractivity contribution is 5.86. The van der Waals surface area contributed by atoms with Crippen molar-refractivity contribution in [3.05, 3.63) is 24.8 Å². The molecule has 0 aliphatic rings. The van der Waals surface area contributed by atoms with Crippen molar-refractivity contribution in [1.29, 1.82) is 0 Å². The number of unbranched alkanes of at least 4 members (excludes halogenated alkanes) is 1. The van der Waals surface area contributed by atoms with Crippen LogP contribution in [0.4, 0.5) is 0 Å². The quantitative estimate of drug-likeness (QED) is 0.140. The lowest BCUT2D eigenvalue weighted by molar-refractivity contribution is -0.140. The maximum absolute atomic E-state index is 11.1. The highest BCUT2D eigenvalue weighted by atomic mass is 16.6. The Hall–Kier alpha value is -1.78. The Morgan fingerprint density at radius 1 is 1.10 bits per heavy atom. The van der Waals surface area contributed by atoms with Crippen molar-refractivity contribution in [2.75, 3.05) is 46.8 Å². The van der Waals surface area contributed by atoms with Crippen LogP contribution in [0.15, 0.2) is 24.8 Å². The summed E-state index contributed by atoms with van der Waals surface area (Å²) < 4.78 is 19.5. The molecule has 0 saturated carbocycles. The molecule has 2 unspecified atom stereocenters. The van der Waals surface area contributed by atoms with Gasteiger partial charge in [-0.15, -0.1) is 0 Å². The van der Waals surface area contributed by atoms with Crippen molar-refractivity contribution in [2.24, 2.45) is 5.92 Å². The number of carbonyl (C=O) groups excluding carboxylic acids is 1. The van der Waals surface area contributed by atoms with Crippen molar-refractivity contribution in [3.63, 3.8) is 0 Å². The summed E-state index contributed by atoms with van der Waals surface area (Å²) in [5.41, 5.74) is 0.482. The summed E-state index contributed by atoms with van der Waals surface area (Å²) in [5, 5.41) is 24.8. The van der Waals surface area contributed by atoms with Crippen molar-refractivity contribution < 1.29 is 43.9 Å². The summed E-state index contributed by atoms with van der Waals surface area (Å²) in [6.45, 7) is 14.3. The van der Waals surface area contributed by atoms with Crippen LogP contribution >= 0.6 is 0 Å². The zero-order chi connectivity index (χ0) is 24.5. The van der Waals surface area contributed by atoms with E-state index in [0.29, 0.717) is 37.9 Å². The molecule has 0 spiro atoms. The Morgan fingerprint density at radius 2 is 1.68 bits per heavy atom. The van der Waals surface area contributed by atoms with Gasteiger partial charge in [0.2, 0.25) is 0 Å². The van der Waals surface area contributed by atoms with E-state index in [-0.39, 0.29) is 19.2 Å². The van der Waals surface area contributed by atoms with E-state index in [1.165, 1.54) is 20.0 Å². The van der Waals surface area contributed by atoms with Gasteiger partial charge in [0.15, 0.2) is 6.29 Å². The van der Waals surface area contributed by atoms with Gasteiger partial charge in [-0.05, 0) is 19.3 Å². The predicted molar refractivity (Wildman–Crippen MR) is 119 cm³/mol. The molecule has 0 bridgehead atoms. The van der Waals surface area contributed by atoms with Crippen LogP contribution in [0.2, 0.25) is 0 Å². The molecule has 9 nitrogen and oxygen atoms in total. The second-order valence-electron chi connectivity index (χ2n) is 6.44. The minimum absolute atomic E-state index is 0.0146. The number of esters is 1. The van der Waals surface area contributed by atoms with Crippen molar-refractivity contribution in [3.8, 4) is 0 Å². The number of aliphatic hydroxyl groups excluding tert-OH is 2. The molecule has 0 fully saturated rings. The fraction of sp³-hybridized carbons (Fsp3) is 0.727. The molecule has 184 valence electrons. The first-order chi connectivity index (χ1) is 14.7. The van der Waals surface area contributed by atoms with Crippen molar-refractivity contribution in [1.82, 2.24) is 0 Å². The minimum atomic E-state index is -0.981. The summed E-state index contributed by atoms with van der Waals surface area (Å²) in [4.78, 5) is 20.4. The predicted octanol–water partition coefficient (Wildman–Crippen LogP) is 2.56. The molecule has 31 heavy (non-hydrogen) atoms. The molecule has 0 aromatic rings. The molecule has 0 aromatic heterocycles. The van der Waals surface area contributed by atoms with E-state index in [0.717, 1.165) is 18.9 Å². The van der Waals surface area contributed by atoms with E-state index >= 15 is 0 Å². The fourth-order valence-electron chi connectivity index (χ4n) is 1.75. The number of carbonyl (C=O) groups is 2. The Morgan fingerprint density at radius 3 is 2.10 bits per heavy atom. The van der Waals surface area contributed by atoms with Gasteiger partial charge in [-0.25, -0.2) is 9.59 Å². The number of aliphatic carboxylic acids is 1. The van der Waals surface area contributed by atoms with Crippen LogP contribution in [-0.4, -0.2) is 80.3 Å². The molecule has 0 aliphatic heterocycles. The maximum Gasteiger partial charge on any atom is 0.333 e. The summed E-state index contributed by atoms with van der Waals surface area (Å²) in [7, 11) is 1.40. The van der Waals surface area contributed by atoms with E-state index in [4.69, 9.17) is 29.5 Å². The maximum atomic E-state index is 11.1. The largest absolute Gasteiger partial charge is 0.478 e. The van der Waals surface area contributed by atoms with Crippen LogP contribution in [0.3, 0.4) is 0 Å². The smallest absolute Gasteiger partial charge is 0.333 e. The van der Waals surface area contributed by atoms with Crippen LogP contribution in [-0.2, 0) is 28.5 Å². The zero-order valence-electron chi connectivity index (χ0n) is 19.5. The van der Waals surface area contributed by atoms with Crippen molar-refractivity contribution >= 4 is 11.9 Å². The van der Waals surface area contributed by atoms with Gasteiger partial charge >= 0.3 is 11.9 Å². The van der Waals surface area contributed by atoms with E-state index in [1.807, 2.05) is 0 Å². The normalized spacial score (nSPS) is 11.7. The van der Waals surface area contributed by atoms with Crippen LogP contribution in [0.1, 0.15) is 46.5 Å². The third-order valence-corrected chi connectivity index (χ3v) is 3.66. The first kappa shape index (κ1) is 33.8. The van der Waals surface area contributed by atoms with E-state index in [2.05, 4.69) is 31.7 Å². The van der Waals surface area contributed by atoms with Gasteiger partial charge in [0.25, 0.3) is 0 Å². The van der Waals surface area contributed by atoms with Gasteiger partial charge < -0.3 is 34.3 Å². The minimum Gasteiger partial charge on any atom is -0.478 e. The summed E-state index contributed by atoms with van der Waals surface area (Å²) in [6, 6.07) is 0. The molecular formula is C22H42O9. The Labute approximate surface area is 186 Å². The van der Waals surface area contributed by atoms with E-state index in [9.17, 15) is 9.59 Å². The molecule has 0 radical (unpaired) electrons. The lowest BCUT2D eigenvalue weighted by Crippen LogP contribution is -2.19. The summed E-state index contributed by atoms with van der Waals surface area (Å²) in [5.74, 6) is -0.733. The molecule has 3 N–H and O–H groups in total. The lowest BCUT2D eigenvalue weighted by Gasteiger charge is -2.14. The number of aliphatic hydroxyl groups is 2. The van der Waals surface area contributed by atoms with Gasteiger partial charge in [0.05, 0.1) is 39.6 Å². The monoisotopic (exact) mass is 450 g/mol. The van der Waals surface area contributed by atoms with Gasteiger partial charge in [-0.1, -0.05) is 46.3 Å². The van der Waals surface area contributed by atoms with Crippen molar-refractivity contribution in [2.45, 2.75) is 52.7 Å². The second kappa shape index (κ2) is 26.3. The number of hydrogen-bond acceptors (Lipinski definition) is 8. The average Bonchev–Trinajstić information content (AvgIpc) is 2.76. The van der Waals surface area contributed by atoms with Gasteiger partial charge in [0, 0.05) is 18.8 Å². The highest BCUT2D eigenvalue weighted by Gasteiger charge is 2.09. The molecule has 0 saturated heterocycles. The summed E-state index contributed by atoms with van der Waals surface area (Å²) in [6.07, 6.45) is 4.59. The molecule has 0 rings (SSSR count). The molecule has 0 heterocycles. The standard InChI is InChI=1S/C12H22O2.C7H16O5.C3H4O2/c1-5-7-8-11(6-2)9-14-12(13)10(3)4;1-10-7(9)6-12-5-4-11-3-2-8;1-2-3(4)5/h11H,3,5-9H2,1-2,4H3;7-9H,2-6H2,1H3;2H,1H2,(H,4,5). The number of ether oxygens (including phenoxy) is 4. The number of carboxylic acids is 1. The molecule has 2 atom stereocenters. The fourth-order valence-corrected chi connectivity index (χ4v) is 1.75. The molecule has 0 aliphatic carbocycles. The van der Waals surface area contributed by atoms with Gasteiger partial charge in [-0.3, -0.25) is 0 Å². The van der Waals surface area contributed by atoms with Crippen LogP contribution in [0, 0.1) is 5.92 Å². The summed E-state index contributed by atoms with van der Waals surface area (Å²) >= 11 is 0. The van der Waals surface area contributed by atoms with E-state index in [1.54, 1.807) is 6.92 Å². The number of methoxy groups -OCH3 is 1. The zero-order valence-corrected chi connectivity index (χ0v) is 19.5. The van der Waals surface area contributed by atoms with E-state index < -0.39 is 12.3 Å². The Kier molecular flexibility index (Phi) is 28.7. The Balaban J connectivity index is -0.000000419. The number of hydrogen-bond donors (Lipinski definition) is 3. The molecular weight excluding hydrogens is 408 g/mol. The lowest BCUT2D eigenvalue weighted by atomic mass is 10.0. The van der Waals surface area contributed by atoms with Crippen LogP contribution in [0.5, 0.6) is 0 Å². The topological polar surface area (TPSA) is 132 Å². The SMILES string of the molecule is C=C(C)C(=O)OCC(CC)CCCC.C=CC(=O)O.COC(O)COCCOCCO.